The zero-order valence-electron chi connectivity index (χ0n) is 10.7. The Labute approximate surface area is 136 Å². The molecule has 0 aliphatic rings. The molecule has 2 aromatic rings. The number of aromatic nitrogens is 1. The van der Waals surface area contributed by atoms with Gasteiger partial charge in [0.1, 0.15) is 5.82 Å². The van der Waals surface area contributed by atoms with Crippen molar-refractivity contribution in [3.05, 3.63) is 57.7 Å². The van der Waals surface area contributed by atoms with E-state index < -0.39 is 0 Å². The predicted octanol–water partition coefficient (Wildman–Crippen LogP) is 4.55. The van der Waals surface area contributed by atoms with Crippen LogP contribution in [-0.2, 0) is 0 Å². The van der Waals surface area contributed by atoms with Gasteiger partial charge in [0.25, 0.3) is 0 Å². The molecule has 1 aromatic carbocycles. The number of rotatable bonds is 3. The van der Waals surface area contributed by atoms with Crippen LogP contribution in [0.5, 0.6) is 0 Å². The zero-order chi connectivity index (χ0) is 14.5. The first-order valence-electron chi connectivity index (χ1n) is 5.99. The number of hydrogen-bond acceptors (Lipinski definition) is 2. The maximum Gasteiger partial charge on any atom is 0.172 e. The van der Waals surface area contributed by atoms with Gasteiger partial charge in [-0.05, 0) is 64.9 Å². The molecule has 0 radical (unpaired) electrons. The highest BCUT2D eigenvalue weighted by molar-refractivity contribution is 9.10. The van der Waals surface area contributed by atoms with Gasteiger partial charge >= 0.3 is 0 Å². The Kier molecular flexibility index (Phi) is 5.34. The molecule has 104 valence electrons. The fourth-order valence-corrected chi connectivity index (χ4v) is 2.28. The van der Waals surface area contributed by atoms with Crippen molar-refractivity contribution in [1.82, 2.24) is 10.3 Å². The van der Waals surface area contributed by atoms with Crippen LogP contribution >= 0.6 is 39.7 Å². The van der Waals surface area contributed by atoms with E-state index in [2.05, 4.69) is 31.5 Å². The average molecular weight is 371 g/mol. The second kappa shape index (κ2) is 7.02. The summed E-state index contributed by atoms with van der Waals surface area (Å²) >= 11 is 14.5. The van der Waals surface area contributed by atoms with E-state index in [1.807, 2.05) is 43.3 Å². The first-order valence-corrected chi connectivity index (χ1v) is 7.57. The molecule has 1 heterocycles. The number of nitrogens with one attached hydrogen (secondary N) is 2. The zero-order valence-corrected chi connectivity index (χ0v) is 13.9. The Morgan fingerprint density at radius 3 is 2.55 bits per heavy atom. The maximum absolute atomic E-state index is 5.87. The lowest BCUT2D eigenvalue weighted by atomic mass is 10.1. The van der Waals surface area contributed by atoms with E-state index in [0.29, 0.717) is 10.9 Å². The minimum Gasteiger partial charge on any atom is -0.356 e. The largest absolute Gasteiger partial charge is 0.356 e. The van der Waals surface area contributed by atoms with Crippen LogP contribution in [0.15, 0.2) is 47.1 Å². The van der Waals surface area contributed by atoms with Crippen LogP contribution < -0.4 is 10.6 Å². The van der Waals surface area contributed by atoms with Crippen LogP contribution in [0.25, 0.3) is 0 Å². The number of anilines is 1. The summed E-state index contributed by atoms with van der Waals surface area (Å²) in [6.07, 6.45) is 1.72. The quantitative estimate of drug-likeness (QED) is 0.778. The van der Waals surface area contributed by atoms with Crippen molar-refractivity contribution in [2.45, 2.75) is 13.0 Å². The van der Waals surface area contributed by atoms with Gasteiger partial charge in [0.15, 0.2) is 5.11 Å². The van der Waals surface area contributed by atoms with E-state index in [4.69, 9.17) is 23.8 Å². The highest BCUT2D eigenvalue weighted by Gasteiger charge is 2.07. The number of thiocarbonyl (C=S) groups is 1. The normalized spacial score (nSPS) is 11.8. The molecular weight excluding hydrogens is 358 g/mol. The third-order valence-electron chi connectivity index (χ3n) is 2.69. The van der Waals surface area contributed by atoms with Crippen molar-refractivity contribution in [2.75, 3.05) is 5.32 Å². The average Bonchev–Trinajstić information content (AvgIpc) is 2.42. The summed E-state index contributed by atoms with van der Waals surface area (Å²) in [7, 11) is 0. The molecule has 1 atom stereocenters. The van der Waals surface area contributed by atoms with Crippen LogP contribution in [0, 0.1) is 0 Å². The summed E-state index contributed by atoms with van der Waals surface area (Å²) in [5, 5.41) is 7.50. The standard InChI is InChI=1S/C14H13BrClN3S/c1-9(10-2-5-12(16)6-3-10)18-14(20)19-13-7-4-11(15)8-17-13/h2-9H,1H3,(H2,17,18,19,20). The Balaban J connectivity index is 1.93. The highest BCUT2D eigenvalue weighted by atomic mass is 79.9. The summed E-state index contributed by atoms with van der Waals surface area (Å²) in [6, 6.07) is 11.5. The first-order chi connectivity index (χ1) is 9.54. The predicted molar refractivity (Wildman–Crippen MR) is 91.2 cm³/mol. The highest BCUT2D eigenvalue weighted by Crippen LogP contribution is 2.16. The van der Waals surface area contributed by atoms with E-state index in [-0.39, 0.29) is 6.04 Å². The van der Waals surface area contributed by atoms with Gasteiger partial charge in [-0.25, -0.2) is 4.98 Å². The summed E-state index contributed by atoms with van der Waals surface area (Å²) in [5.41, 5.74) is 1.11. The number of benzene rings is 1. The molecular formula is C14H13BrClN3S. The number of pyridine rings is 1. The smallest absolute Gasteiger partial charge is 0.172 e. The molecule has 0 aliphatic carbocycles. The van der Waals surface area contributed by atoms with Gasteiger partial charge in [0.05, 0.1) is 6.04 Å². The lowest BCUT2D eigenvalue weighted by molar-refractivity contribution is 0.722. The Bertz CT molecular complexity index is 586. The van der Waals surface area contributed by atoms with E-state index in [9.17, 15) is 0 Å². The van der Waals surface area contributed by atoms with Crippen molar-refractivity contribution in [3.8, 4) is 0 Å². The van der Waals surface area contributed by atoms with Crippen molar-refractivity contribution in [2.24, 2.45) is 0 Å². The van der Waals surface area contributed by atoms with Crippen LogP contribution in [0.2, 0.25) is 5.02 Å². The van der Waals surface area contributed by atoms with Crippen LogP contribution in [0.4, 0.5) is 5.82 Å². The number of hydrogen-bond donors (Lipinski definition) is 2. The summed E-state index contributed by atoms with van der Waals surface area (Å²) in [6.45, 7) is 2.03. The number of halogens is 2. The summed E-state index contributed by atoms with van der Waals surface area (Å²) in [4.78, 5) is 4.21. The van der Waals surface area contributed by atoms with Crippen molar-refractivity contribution in [3.63, 3.8) is 0 Å². The van der Waals surface area contributed by atoms with Gasteiger partial charge in [-0.3, -0.25) is 0 Å². The van der Waals surface area contributed by atoms with Crippen molar-refractivity contribution >= 4 is 50.7 Å². The van der Waals surface area contributed by atoms with Crippen LogP contribution in [0.3, 0.4) is 0 Å². The first kappa shape index (κ1) is 15.2. The molecule has 0 spiro atoms. The topological polar surface area (TPSA) is 37.0 Å². The van der Waals surface area contributed by atoms with E-state index in [1.54, 1.807) is 6.20 Å². The molecule has 1 aromatic heterocycles. The fourth-order valence-electron chi connectivity index (χ4n) is 1.63. The van der Waals surface area contributed by atoms with Crippen LogP contribution in [0.1, 0.15) is 18.5 Å². The molecule has 0 amide bonds. The molecule has 0 aliphatic heterocycles. The molecule has 0 saturated carbocycles. The van der Waals surface area contributed by atoms with Crippen molar-refractivity contribution in [1.29, 1.82) is 0 Å². The lowest BCUT2D eigenvalue weighted by Crippen LogP contribution is -2.31. The second-order valence-corrected chi connectivity index (χ2v) is 5.99. The molecule has 0 fully saturated rings. The van der Waals surface area contributed by atoms with E-state index in [0.717, 1.165) is 15.1 Å². The lowest BCUT2D eigenvalue weighted by Gasteiger charge is -2.17. The Morgan fingerprint density at radius 2 is 1.95 bits per heavy atom. The SMILES string of the molecule is CC(NC(=S)Nc1ccc(Br)cn1)c1ccc(Cl)cc1. The van der Waals surface area contributed by atoms with Gasteiger partial charge in [0.2, 0.25) is 0 Å². The molecule has 3 nitrogen and oxygen atoms in total. The third-order valence-corrected chi connectivity index (χ3v) is 3.63. The molecule has 2 rings (SSSR count). The van der Waals surface area contributed by atoms with Gasteiger partial charge < -0.3 is 10.6 Å². The molecule has 1 unspecified atom stereocenters. The Morgan fingerprint density at radius 1 is 1.25 bits per heavy atom. The molecule has 20 heavy (non-hydrogen) atoms. The maximum atomic E-state index is 5.87. The van der Waals surface area contributed by atoms with Gasteiger partial charge in [-0.15, -0.1) is 0 Å². The monoisotopic (exact) mass is 369 g/mol. The minimum absolute atomic E-state index is 0.0858. The van der Waals surface area contributed by atoms with Crippen LogP contribution in [-0.4, -0.2) is 10.1 Å². The third kappa shape index (κ3) is 4.44. The molecule has 0 saturated heterocycles. The number of nitrogens with zero attached hydrogens (tertiary/aromatic N) is 1. The van der Waals surface area contributed by atoms with Gasteiger partial charge in [-0.1, -0.05) is 23.7 Å². The molecule has 0 bridgehead atoms. The van der Waals surface area contributed by atoms with Gasteiger partial charge in [-0.2, -0.15) is 0 Å². The van der Waals surface area contributed by atoms with E-state index in [1.165, 1.54) is 0 Å². The van der Waals surface area contributed by atoms with Crippen molar-refractivity contribution < 1.29 is 0 Å². The fraction of sp³-hybridized carbons (Fsp3) is 0.143. The minimum atomic E-state index is 0.0858. The van der Waals surface area contributed by atoms with Gasteiger partial charge in [0, 0.05) is 15.7 Å². The second-order valence-electron chi connectivity index (χ2n) is 4.23. The molecule has 2 N–H and O–H groups in total. The summed E-state index contributed by atoms with van der Waals surface area (Å²) < 4.78 is 0.927. The summed E-state index contributed by atoms with van der Waals surface area (Å²) in [5.74, 6) is 0.703. The Hall–Kier alpha value is -1.17. The van der Waals surface area contributed by atoms with E-state index >= 15 is 0 Å². The molecule has 6 heteroatoms.